The van der Waals surface area contributed by atoms with E-state index in [1.807, 2.05) is 20.8 Å². The fourth-order valence-electron chi connectivity index (χ4n) is 1.47. The molecule has 0 bridgehead atoms. The van der Waals surface area contributed by atoms with Crippen LogP contribution in [0.3, 0.4) is 0 Å². The highest BCUT2D eigenvalue weighted by Crippen LogP contribution is 2.11. The smallest absolute Gasteiger partial charge is 0.225 e. The van der Waals surface area contributed by atoms with E-state index in [-0.39, 0.29) is 11.3 Å². The summed E-state index contributed by atoms with van der Waals surface area (Å²) in [5.41, 5.74) is -0.282. The van der Waals surface area contributed by atoms with Crippen molar-refractivity contribution in [2.24, 2.45) is 11.3 Å². The van der Waals surface area contributed by atoms with E-state index >= 15 is 0 Å². The highest BCUT2D eigenvalue weighted by atomic mass is 16.2. The zero-order valence-electron chi connectivity index (χ0n) is 11.5. The van der Waals surface area contributed by atoms with Crippen molar-refractivity contribution in [2.75, 3.05) is 19.6 Å². The van der Waals surface area contributed by atoms with Gasteiger partial charge in [0.05, 0.1) is 0 Å². The zero-order chi connectivity index (χ0) is 12.6. The number of carbonyl (C=O) groups is 1. The van der Waals surface area contributed by atoms with E-state index in [1.54, 1.807) is 0 Å². The van der Waals surface area contributed by atoms with Crippen molar-refractivity contribution in [3.63, 3.8) is 0 Å². The molecule has 0 radical (unpaired) electrons. The molecule has 0 aliphatic heterocycles. The van der Waals surface area contributed by atoms with Gasteiger partial charge in [0.25, 0.3) is 0 Å². The molecular weight excluding hydrogens is 200 g/mol. The SMILES string of the molecule is CCCC(C)CNCCNC(=O)C(C)(C)C. The van der Waals surface area contributed by atoms with Gasteiger partial charge in [0.1, 0.15) is 0 Å². The molecule has 0 aromatic rings. The van der Waals surface area contributed by atoms with E-state index in [2.05, 4.69) is 24.5 Å². The van der Waals surface area contributed by atoms with Crippen LogP contribution in [0.2, 0.25) is 0 Å². The maximum absolute atomic E-state index is 11.5. The molecule has 0 aromatic carbocycles. The predicted molar refractivity (Wildman–Crippen MR) is 69.4 cm³/mol. The maximum atomic E-state index is 11.5. The Balaban J connectivity index is 3.44. The van der Waals surface area contributed by atoms with Crippen LogP contribution in [0.1, 0.15) is 47.5 Å². The third kappa shape index (κ3) is 7.69. The highest BCUT2D eigenvalue weighted by Gasteiger charge is 2.19. The van der Waals surface area contributed by atoms with Crippen molar-refractivity contribution < 1.29 is 4.79 Å². The Morgan fingerprint density at radius 3 is 2.38 bits per heavy atom. The molecule has 0 rings (SSSR count). The fourth-order valence-corrected chi connectivity index (χ4v) is 1.47. The van der Waals surface area contributed by atoms with Crippen LogP contribution in [0.25, 0.3) is 0 Å². The Kier molecular flexibility index (Phi) is 7.39. The molecule has 16 heavy (non-hydrogen) atoms. The van der Waals surface area contributed by atoms with E-state index in [4.69, 9.17) is 0 Å². The lowest BCUT2D eigenvalue weighted by atomic mass is 9.96. The number of hydrogen-bond acceptors (Lipinski definition) is 2. The first-order valence-corrected chi connectivity index (χ1v) is 6.37. The fraction of sp³-hybridized carbons (Fsp3) is 0.923. The lowest BCUT2D eigenvalue weighted by Crippen LogP contribution is -2.39. The minimum absolute atomic E-state index is 0.121. The molecule has 0 fully saturated rings. The summed E-state index contributed by atoms with van der Waals surface area (Å²) < 4.78 is 0. The molecule has 0 saturated heterocycles. The summed E-state index contributed by atoms with van der Waals surface area (Å²) in [6.45, 7) is 12.9. The van der Waals surface area contributed by atoms with Crippen molar-refractivity contribution in [3.05, 3.63) is 0 Å². The summed E-state index contributed by atoms with van der Waals surface area (Å²) in [5.74, 6) is 0.847. The first kappa shape index (κ1) is 15.4. The highest BCUT2D eigenvalue weighted by molar-refractivity contribution is 5.81. The average Bonchev–Trinajstić information content (AvgIpc) is 2.16. The summed E-state index contributed by atoms with van der Waals surface area (Å²) in [7, 11) is 0. The Hall–Kier alpha value is -0.570. The Bertz CT molecular complexity index is 197. The Morgan fingerprint density at radius 1 is 1.25 bits per heavy atom. The van der Waals surface area contributed by atoms with E-state index < -0.39 is 0 Å². The number of rotatable bonds is 7. The normalized spacial score (nSPS) is 13.6. The number of amides is 1. The number of hydrogen-bond donors (Lipinski definition) is 2. The molecule has 0 aromatic heterocycles. The standard InChI is InChI=1S/C13H28N2O/c1-6-7-11(2)10-14-8-9-15-12(16)13(3,4)5/h11,14H,6-10H2,1-5H3,(H,15,16). The maximum Gasteiger partial charge on any atom is 0.225 e. The number of carbonyl (C=O) groups excluding carboxylic acids is 1. The summed E-state index contributed by atoms with van der Waals surface area (Å²) in [4.78, 5) is 11.5. The van der Waals surface area contributed by atoms with Gasteiger partial charge in [0, 0.05) is 18.5 Å². The first-order valence-electron chi connectivity index (χ1n) is 6.37. The molecule has 1 amide bonds. The van der Waals surface area contributed by atoms with E-state index in [0.29, 0.717) is 0 Å². The van der Waals surface area contributed by atoms with Crippen molar-refractivity contribution >= 4 is 5.91 Å². The Labute approximate surface area is 100 Å². The van der Waals surface area contributed by atoms with Gasteiger partial charge in [0.15, 0.2) is 0 Å². The predicted octanol–water partition coefficient (Wildman–Crippen LogP) is 2.17. The van der Waals surface area contributed by atoms with E-state index in [0.717, 1.165) is 25.6 Å². The van der Waals surface area contributed by atoms with Crippen LogP contribution in [0.15, 0.2) is 0 Å². The monoisotopic (exact) mass is 228 g/mol. The van der Waals surface area contributed by atoms with Gasteiger partial charge in [-0.1, -0.05) is 41.0 Å². The second-order valence-electron chi connectivity index (χ2n) is 5.60. The van der Waals surface area contributed by atoms with Crippen LogP contribution in [-0.2, 0) is 4.79 Å². The van der Waals surface area contributed by atoms with Gasteiger partial charge in [-0.3, -0.25) is 4.79 Å². The lowest BCUT2D eigenvalue weighted by Gasteiger charge is -2.18. The second kappa shape index (κ2) is 7.66. The summed E-state index contributed by atoms with van der Waals surface area (Å²) in [6, 6.07) is 0. The van der Waals surface area contributed by atoms with Gasteiger partial charge in [-0.05, 0) is 18.9 Å². The summed E-state index contributed by atoms with van der Waals surface area (Å²) in [6.07, 6.45) is 2.50. The van der Waals surface area contributed by atoms with Gasteiger partial charge in [-0.15, -0.1) is 0 Å². The molecule has 3 nitrogen and oxygen atoms in total. The molecule has 0 saturated carbocycles. The summed E-state index contributed by atoms with van der Waals surface area (Å²) >= 11 is 0. The van der Waals surface area contributed by atoms with Crippen molar-refractivity contribution in [1.29, 1.82) is 0 Å². The third-order valence-corrected chi connectivity index (χ3v) is 2.54. The minimum Gasteiger partial charge on any atom is -0.354 e. The van der Waals surface area contributed by atoms with Gasteiger partial charge < -0.3 is 10.6 Å². The average molecular weight is 228 g/mol. The number of nitrogens with one attached hydrogen (secondary N) is 2. The molecule has 0 spiro atoms. The van der Waals surface area contributed by atoms with E-state index in [9.17, 15) is 4.79 Å². The zero-order valence-corrected chi connectivity index (χ0v) is 11.5. The molecule has 3 heteroatoms. The quantitative estimate of drug-likeness (QED) is 0.656. The van der Waals surface area contributed by atoms with Crippen molar-refractivity contribution in [3.8, 4) is 0 Å². The first-order chi connectivity index (χ1) is 7.38. The van der Waals surface area contributed by atoms with E-state index in [1.165, 1.54) is 12.8 Å². The van der Waals surface area contributed by atoms with Crippen LogP contribution >= 0.6 is 0 Å². The summed E-state index contributed by atoms with van der Waals surface area (Å²) in [5, 5.41) is 6.29. The van der Waals surface area contributed by atoms with Crippen molar-refractivity contribution in [2.45, 2.75) is 47.5 Å². The molecule has 1 unspecified atom stereocenters. The van der Waals surface area contributed by atoms with Gasteiger partial charge in [-0.2, -0.15) is 0 Å². The Morgan fingerprint density at radius 2 is 1.88 bits per heavy atom. The molecule has 0 heterocycles. The van der Waals surface area contributed by atoms with Crippen LogP contribution in [-0.4, -0.2) is 25.5 Å². The topological polar surface area (TPSA) is 41.1 Å². The van der Waals surface area contributed by atoms with Gasteiger partial charge in [0.2, 0.25) is 5.91 Å². The largest absolute Gasteiger partial charge is 0.354 e. The van der Waals surface area contributed by atoms with Crippen LogP contribution in [0.4, 0.5) is 0 Å². The molecule has 96 valence electrons. The van der Waals surface area contributed by atoms with Crippen LogP contribution in [0.5, 0.6) is 0 Å². The van der Waals surface area contributed by atoms with Crippen LogP contribution < -0.4 is 10.6 Å². The molecule has 0 aliphatic rings. The molecule has 1 atom stereocenters. The van der Waals surface area contributed by atoms with Gasteiger partial charge >= 0.3 is 0 Å². The van der Waals surface area contributed by atoms with Gasteiger partial charge in [-0.25, -0.2) is 0 Å². The minimum atomic E-state index is -0.282. The lowest BCUT2D eigenvalue weighted by molar-refractivity contribution is -0.128. The van der Waals surface area contributed by atoms with Crippen molar-refractivity contribution in [1.82, 2.24) is 10.6 Å². The molecule has 0 aliphatic carbocycles. The molecule has 2 N–H and O–H groups in total. The molecular formula is C13H28N2O. The third-order valence-electron chi connectivity index (χ3n) is 2.54. The van der Waals surface area contributed by atoms with Crippen LogP contribution in [0, 0.1) is 11.3 Å². The second-order valence-corrected chi connectivity index (χ2v) is 5.60.